The average Bonchev–Trinajstić information content (AvgIpc) is 2.66. The van der Waals surface area contributed by atoms with E-state index in [2.05, 4.69) is 0 Å². The van der Waals surface area contributed by atoms with Crippen LogP contribution in [0.15, 0.2) is 54.6 Å². The summed E-state index contributed by atoms with van der Waals surface area (Å²) in [5, 5.41) is 10.8. The Bertz CT molecular complexity index is 849. The summed E-state index contributed by atoms with van der Waals surface area (Å²) in [5.74, 6) is 1.14. The molecule has 0 saturated heterocycles. The Morgan fingerprint density at radius 2 is 2.04 bits per heavy atom. The molecule has 3 rings (SSSR count). The second-order valence-corrected chi connectivity index (χ2v) is 5.90. The third kappa shape index (κ3) is 4.18. The van der Waals surface area contributed by atoms with Crippen LogP contribution in [0.25, 0.3) is 6.08 Å². The summed E-state index contributed by atoms with van der Waals surface area (Å²) >= 11 is 0. The Labute approximate surface area is 150 Å². The average molecular weight is 354 g/mol. The minimum absolute atomic E-state index is 0.0145. The second kappa shape index (κ2) is 7.69. The number of hydrogen-bond acceptors (Lipinski definition) is 5. The number of hydrogen-bond donors (Lipinski definition) is 0. The van der Waals surface area contributed by atoms with Gasteiger partial charge in [0.15, 0.2) is 17.6 Å². The molecule has 0 saturated carbocycles. The van der Waals surface area contributed by atoms with Gasteiger partial charge in [-0.25, -0.2) is 0 Å². The van der Waals surface area contributed by atoms with Gasteiger partial charge in [-0.2, -0.15) is 0 Å². The van der Waals surface area contributed by atoms with Crippen LogP contribution in [-0.2, 0) is 4.79 Å². The van der Waals surface area contributed by atoms with Gasteiger partial charge in [0.2, 0.25) is 5.91 Å². The van der Waals surface area contributed by atoms with Crippen molar-refractivity contribution in [2.24, 2.45) is 0 Å². The maximum atomic E-state index is 12.3. The van der Waals surface area contributed by atoms with Crippen molar-refractivity contribution in [3.05, 3.63) is 70.3 Å². The molecule has 26 heavy (non-hydrogen) atoms. The van der Waals surface area contributed by atoms with Crippen LogP contribution in [0.1, 0.15) is 5.56 Å². The number of benzene rings is 2. The molecule has 0 spiro atoms. The van der Waals surface area contributed by atoms with Gasteiger partial charge in [-0.3, -0.25) is 14.9 Å². The van der Waals surface area contributed by atoms with E-state index >= 15 is 0 Å². The van der Waals surface area contributed by atoms with Crippen LogP contribution in [0.2, 0.25) is 0 Å². The number of rotatable bonds is 5. The highest BCUT2D eigenvalue weighted by Crippen LogP contribution is 2.30. The molecule has 1 heterocycles. The van der Waals surface area contributed by atoms with Crippen LogP contribution in [-0.4, -0.2) is 42.0 Å². The van der Waals surface area contributed by atoms with Gasteiger partial charge in [-0.1, -0.05) is 24.3 Å². The standard InChI is InChI=1S/C19H18N2O5/c1-20(12-16-13-25-17-7-2-3-8-18(17)26-16)19(22)10-9-14-5-4-6-15(11-14)21(23)24/h2-11,16H,12-13H2,1H3/b10-9+. The predicted octanol–water partition coefficient (Wildman–Crippen LogP) is 2.91. The fraction of sp³-hybridized carbons (Fsp3) is 0.211. The Morgan fingerprint density at radius 1 is 1.27 bits per heavy atom. The zero-order chi connectivity index (χ0) is 18.5. The SMILES string of the molecule is CN(CC1COc2ccccc2O1)C(=O)/C=C/c1cccc([N+](=O)[O-])c1. The summed E-state index contributed by atoms with van der Waals surface area (Å²) in [6.07, 6.45) is 2.68. The Kier molecular flexibility index (Phi) is 5.17. The Morgan fingerprint density at radius 3 is 2.81 bits per heavy atom. The summed E-state index contributed by atoms with van der Waals surface area (Å²) in [5.41, 5.74) is 0.575. The minimum atomic E-state index is -0.469. The van der Waals surface area contributed by atoms with Gasteiger partial charge < -0.3 is 14.4 Å². The molecule has 1 aliphatic heterocycles. The van der Waals surface area contributed by atoms with Crippen molar-refractivity contribution in [3.8, 4) is 11.5 Å². The van der Waals surface area contributed by atoms with Crippen LogP contribution in [0, 0.1) is 10.1 Å². The number of carbonyl (C=O) groups is 1. The highest BCUT2D eigenvalue weighted by atomic mass is 16.6. The van der Waals surface area contributed by atoms with Crippen molar-refractivity contribution in [2.45, 2.75) is 6.10 Å². The lowest BCUT2D eigenvalue weighted by Crippen LogP contribution is -2.41. The van der Waals surface area contributed by atoms with E-state index in [1.165, 1.54) is 23.1 Å². The number of non-ortho nitro benzene ring substituents is 1. The third-order valence-corrected chi connectivity index (χ3v) is 3.92. The molecular weight excluding hydrogens is 336 g/mol. The molecule has 2 aromatic rings. The molecule has 0 N–H and O–H groups in total. The van der Waals surface area contributed by atoms with Crippen molar-refractivity contribution in [3.63, 3.8) is 0 Å². The predicted molar refractivity (Wildman–Crippen MR) is 96.1 cm³/mol. The smallest absolute Gasteiger partial charge is 0.270 e. The maximum Gasteiger partial charge on any atom is 0.270 e. The normalized spacial score (nSPS) is 15.7. The molecule has 0 aromatic heterocycles. The summed E-state index contributed by atoms with van der Waals surface area (Å²) < 4.78 is 11.5. The zero-order valence-corrected chi connectivity index (χ0v) is 14.2. The maximum absolute atomic E-state index is 12.3. The monoisotopic (exact) mass is 354 g/mol. The van der Waals surface area contributed by atoms with Crippen molar-refractivity contribution >= 4 is 17.7 Å². The van der Waals surface area contributed by atoms with Gasteiger partial charge in [-0.15, -0.1) is 0 Å². The van der Waals surface area contributed by atoms with Crippen LogP contribution in [0.5, 0.6) is 11.5 Å². The first-order valence-electron chi connectivity index (χ1n) is 8.09. The van der Waals surface area contributed by atoms with Gasteiger partial charge in [0.25, 0.3) is 5.69 Å². The zero-order valence-electron chi connectivity index (χ0n) is 14.2. The topological polar surface area (TPSA) is 81.9 Å². The first-order valence-corrected chi connectivity index (χ1v) is 8.09. The van der Waals surface area contributed by atoms with E-state index in [4.69, 9.17) is 9.47 Å². The molecule has 0 bridgehead atoms. The number of para-hydroxylation sites is 2. The van der Waals surface area contributed by atoms with Crippen molar-refractivity contribution < 1.29 is 19.2 Å². The van der Waals surface area contributed by atoms with Gasteiger partial charge in [0.1, 0.15) is 6.61 Å². The molecule has 7 nitrogen and oxygen atoms in total. The number of nitro benzene ring substituents is 1. The molecule has 0 radical (unpaired) electrons. The fourth-order valence-electron chi connectivity index (χ4n) is 2.59. The summed E-state index contributed by atoms with van der Waals surface area (Å²) in [6.45, 7) is 0.732. The van der Waals surface area contributed by atoms with Crippen molar-refractivity contribution in [1.29, 1.82) is 0 Å². The third-order valence-electron chi connectivity index (χ3n) is 3.92. The van der Waals surface area contributed by atoms with Crippen molar-refractivity contribution in [1.82, 2.24) is 4.90 Å². The molecule has 0 fully saturated rings. The van der Waals surface area contributed by atoms with Crippen molar-refractivity contribution in [2.75, 3.05) is 20.2 Å². The van der Waals surface area contributed by atoms with E-state index in [9.17, 15) is 14.9 Å². The molecule has 1 aliphatic rings. The van der Waals surface area contributed by atoms with Gasteiger partial charge in [-0.05, 0) is 23.8 Å². The van der Waals surface area contributed by atoms with E-state index in [1.807, 2.05) is 24.3 Å². The van der Waals surface area contributed by atoms with Crippen LogP contribution in [0.3, 0.4) is 0 Å². The van der Waals surface area contributed by atoms with Crippen LogP contribution < -0.4 is 9.47 Å². The molecule has 1 amide bonds. The molecular formula is C19H18N2O5. The number of likely N-dealkylation sites (N-methyl/N-ethyl adjacent to an activating group) is 1. The number of nitrogens with zero attached hydrogens (tertiary/aromatic N) is 2. The lowest BCUT2D eigenvalue weighted by atomic mass is 10.2. The number of fused-ring (bicyclic) bond motifs is 1. The summed E-state index contributed by atoms with van der Waals surface area (Å²) in [6, 6.07) is 13.5. The number of ether oxygens (including phenoxy) is 2. The molecule has 134 valence electrons. The lowest BCUT2D eigenvalue weighted by molar-refractivity contribution is -0.384. The first kappa shape index (κ1) is 17.5. The second-order valence-electron chi connectivity index (χ2n) is 5.90. The Balaban J connectivity index is 1.58. The van der Waals surface area contributed by atoms with Gasteiger partial charge in [0.05, 0.1) is 11.5 Å². The Hall–Kier alpha value is -3.35. The fourth-order valence-corrected chi connectivity index (χ4v) is 2.59. The summed E-state index contributed by atoms with van der Waals surface area (Å²) in [7, 11) is 1.67. The molecule has 2 aromatic carbocycles. The van der Waals surface area contributed by atoms with E-state index in [-0.39, 0.29) is 17.7 Å². The quantitative estimate of drug-likeness (QED) is 0.468. The van der Waals surface area contributed by atoms with Gasteiger partial charge in [0, 0.05) is 25.3 Å². The van der Waals surface area contributed by atoms with E-state index in [1.54, 1.807) is 25.3 Å². The number of nitro groups is 1. The van der Waals surface area contributed by atoms with Crippen LogP contribution in [0.4, 0.5) is 5.69 Å². The molecule has 1 atom stereocenters. The highest BCUT2D eigenvalue weighted by molar-refractivity contribution is 5.91. The van der Waals surface area contributed by atoms with E-state index in [0.29, 0.717) is 30.2 Å². The summed E-state index contributed by atoms with van der Waals surface area (Å²) in [4.78, 5) is 24.1. The lowest BCUT2D eigenvalue weighted by Gasteiger charge is -2.29. The minimum Gasteiger partial charge on any atom is -0.486 e. The molecule has 0 aliphatic carbocycles. The van der Waals surface area contributed by atoms with Gasteiger partial charge >= 0.3 is 0 Å². The first-order chi connectivity index (χ1) is 12.5. The number of amides is 1. The largest absolute Gasteiger partial charge is 0.486 e. The van der Waals surface area contributed by atoms with Crippen LogP contribution >= 0.6 is 0 Å². The van der Waals surface area contributed by atoms with E-state index in [0.717, 1.165) is 0 Å². The number of carbonyl (C=O) groups excluding carboxylic acids is 1. The highest BCUT2D eigenvalue weighted by Gasteiger charge is 2.23. The molecule has 7 heteroatoms. The van der Waals surface area contributed by atoms with E-state index < -0.39 is 4.92 Å². The molecule has 1 unspecified atom stereocenters.